The molecule has 0 aromatic carbocycles. The van der Waals surface area contributed by atoms with E-state index in [1.165, 1.54) is 32.1 Å². The number of nitrogens with zero attached hydrogens (tertiary/aromatic N) is 3. The Morgan fingerprint density at radius 1 is 0.762 bits per heavy atom. The summed E-state index contributed by atoms with van der Waals surface area (Å²) in [5.74, 6) is 0. The largest absolute Gasteiger partial charge is 0.330 e. The number of unbranched alkanes of at least 4 members (excludes halogenated alkanes) is 2. The molecule has 0 spiro atoms. The van der Waals surface area contributed by atoms with Crippen LogP contribution < -0.4 is 5.73 Å². The van der Waals surface area contributed by atoms with Gasteiger partial charge in [0.15, 0.2) is 0 Å². The maximum absolute atomic E-state index is 12.5. The SMILES string of the molecule is NCCCCCN1CCCN(C(=O)N2CCCCC2)CC1. The Morgan fingerprint density at radius 3 is 2.24 bits per heavy atom. The molecule has 5 nitrogen and oxygen atoms in total. The van der Waals surface area contributed by atoms with Crippen LogP contribution in [0.1, 0.15) is 44.9 Å². The van der Waals surface area contributed by atoms with Crippen LogP contribution in [0.3, 0.4) is 0 Å². The van der Waals surface area contributed by atoms with E-state index in [-0.39, 0.29) is 6.03 Å². The minimum atomic E-state index is 0.277. The molecule has 0 atom stereocenters. The summed E-state index contributed by atoms with van der Waals surface area (Å²) in [6.07, 6.45) is 8.32. The highest BCUT2D eigenvalue weighted by Crippen LogP contribution is 2.13. The van der Waals surface area contributed by atoms with E-state index in [1.54, 1.807) is 0 Å². The maximum Gasteiger partial charge on any atom is 0.320 e. The quantitative estimate of drug-likeness (QED) is 0.786. The Hall–Kier alpha value is -0.810. The minimum Gasteiger partial charge on any atom is -0.330 e. The second-order valence-electron chi connectivity index (χ2n) is 6.36. The molecule has 2 rings (SSSR count). The third-order valence-corrected chi connectivity index (χ3v) is 4.66. The molecule has 0 bridgehead atoms. The van der Waals surface area contributed by atoms with Gasteiger partial charge >= 0.3 is 6.03 Å². The second-order valence-corrected chi connectivity index (χ2v) is 6.36. The number of hydrogen-bond donors (Lipinski definition) is 1. The standard InChI is InChI=1S/C16H32N4O/c17-8-3-1-4-9-18-10-7-13-20(15-14-18)16(21)19-11-5-2-6-12-19/h1-15,17H2. The topological polar surface area (TPSA) is 52.8 Å². The molecule has 0 saturated carbocycles. The van der Waals surface area contributed by atoms with Gasteiger partial charge in [0.25, 0.3) is 0 Å². The van der Waals surface area contributed by atoms with Gasteiger partial charge in [-0.3, -0.25) is 0 Å². The van der Waals surface area contributed by atoms with Crippen LogP contribution in [0.4, 0.5) is 4.79 Å². The Bertz CT molecular complexity index is 305. The third kappa shape index (κ3) is 5.47. The molecule has 2 N–H and O–H groups in total. The highest BCUT2D eigenvalue weighted by atomic mass is 16.2. The second kappa shape index (κ2) is 9.26. The highest BCUT2D eigenvalue weighted by molar-refractivity contribution is 5.74. The van der Waals surface area contributed by atoms with Crippen LogP contribution in [0, 0.1) is 0 Å². The molecule has 0 aromatic heterocycles. The van der Waals surface area contributed by atoms with Crippen LogP contribution >= 0.6 is 0 Å². The van der Waals surface area contributed by atoms with E-state index in [0.717, 1.165) is 65.2 Å². The third-order valence-electron chi connectivity index (χ3n) is 4.66. The van der Waals surface area contributed by atoms with Crippen LogP contribution in [0.15, 0.2) is 0 Å². The fourth-order valence-electron chi connectivity index (χ4n) is 3.33. The number of nitrogens with two attached hydrogens (primary N) is 1. The number of urea groups is 1. The van der Waals surface area contributed by atoms with Crippen molar-refractivity contribution in [2.45, 2.75) is 44.9 Å². The van der Waals surface area contributed by atoms with Gasteiger partial charge in [0, 0.05) is 32.7 Å². The van der Waals surface area contributed by atoms with Crippen molar-refractivity contribution in [3.05, 3.63) is 0 Å². The van der Waals surface area contributed by atoms with Crippen LogP contribution in [0.25, 0.3) is 0 Å². The van der Waals surface area contributed by atoms with E-state index in [9.17, 15) is 4.79 Å². The van der Waals surface area contributed by atoms with Gasteiger partial charge < -0.3 is 20.4 Å². The summed E-state index contributed by atoms with van der Waals surface area (Å²) < 4.78 is 0. The Morgan fingerprint density at radius 2 is 1.48 bits per heavy atom. The van der Waals surface area contributed by atoms with Crippen molar-refractivity contribution < 1.29 is 4.79 Å². The molecule has 2 heterocycles. The van der Waals surface area contributed by atoms with E-state index in [4.69, 9.17) is 5.73 Å². The average molecular weight is 296 g/mol. The summed E-state index contributed by atoms with van der Waals surface area (Å²) in [4.78, 5) is 19.2. The Balaban J connectivity index is 1.71. The van der Waals surface area contributed by atoms with Gasteiger partial charge in [0.05, 0.1) is 0 Å². The highest BCUT2D eigenvalue weighted by Gasteiger charge is 2.24. The van der Waals surface area contributed by atoms with Crippen molar-refractivity contribution in [3.8, 4) is 0 Å². The fraction of sp³-hybridized carbons (Fsp3) is 0.938. The minimum absolute atomic E-state index is 0.277. The summed E-state index contributed by atoms with van der Waals surface area (Å²) in [6, 6.07) is 0.277. The number of hydrogen-bond acceptors (Lipinski definition) is 3. The zero-order chi connectivity index (χ0) is 14.9. The molecule has 0 unspecified atom stereocenters. The monoisotopic (exact) mass is 296 g/mol. The van der Waals surface area contributed by atoms with Crippen molar-refractivity contribution >= 4 is 6.03 Å². The number of amides is 2. The lowest BCUT2D eigenvalue weighted by Gasteiger charge is -2.32. The van der Waals surface area contributed by atoms with Gasteiger partial charge in [-0.1, -0.05) is 6.42 Å². The summed E-state index contributed by atoms with van der Waals surface area (Å²) in [5.41, 5.74) is 5.53. The predicted octanol–water partition coefficient (Wildman–Crippen LogP) is 1.73. The molecule has 2 saturated heterocycles. The zero-order valence-corrected chi connectivity index (χ0v) is 13.4. The number of carbonyl (C=O) groups excluding carboxylic acids is 1. The molecule has 0 radical (unpaired) electrons. The smallest absolute Gasteiger partial charge is 0.320 e. The molecular weight excluding hydrogens is 264 g/mol. The summed E-state index contributed by atoms with van der Waals surface area (Å²) in [7, 11) is 0. The normalized spacial score (nSPS) is 21.4. The van der Waals surface area contributed by atoms with Crippen molar-refractivity contribution in [2.24, 2.45) is 5.73 Å². The number of carbonyl (C=O) groups is 1. The summed E-state index contributed by atoms with van der Waals surface area (Å²) >= 11 is 0. The molecule has 2 aliphatic heterocycles. The molecule has 2 aliphatic rings. The van der Waals surface area contributed by atoms with Crippen molar-refractivity contribution in [2.75, 3.05) is 52.4 Å². The number of piperidine rings is 1. The van der Waals surface area contributed by atoms with Crippen LogP contribution in [-0.2, 0) is 0 Å². The van der Waals surface area contributed by atoms with Crippen LogP contribution in [0.2, 0.25) is 0 Å². The number of likely N-dealkylation sites (tertiary alicyclic amines) is 1. The molecule has 0 aliphatic carbocycles. The predicted molar refractivity (Wildman–Crippen MR) is 86.4 cm³/mol. The fourth-order valence-corrected chi connectivity index (χ4v) is 3.33. The van der Waals surface area contributed by atoms with E-state index >= 15 is 0 Å². The lowest BCUT2D eigenvalue weighted by atomic mass is 10.1. The number of rotatable bonds is 5. The van der Waals surface area contributed by atoms with E-state index in [0.29, 0.717) is 0 Å². The first-order chi connectivity index (χ1) is 10.3. The average Bonchev–Trinajstić information content (AvgIpc) is 2.77. The van der Waals surface area contributed by atoms with E-state index in [2.05, 4.69) is 14.7 Å². The first kappa shape index (κ1) is 16.6. The summed E-state index contributed by atoms with van der Waals surface area (Å²) in [6.45, 7) is 7.86. The molecular formula is C16H32N4O. The molecule has 122 valence electrons. The summed E-state index contributed by atoms with van der Waals surface area (Å²) in [5, 5.41) is 0. The molecule has 2 fully saturated rings. The first-order valence-electron chi connectivity index (χ1n) is 8.77. The molecule has 0 aromatic rings. The zero-order valence-electron chi connectivity index (χ0n) is 13.4. The first-order valence-corrected chi connectivity index (χ1v) is 8.77. The maximum atomic E-state index is 12.5. The Kier molecular flexibility index (Phi) is 7.30. The van der Waals surface area contributed by atoms with Crippen molar-refractivity contribution in [3.63, 3.8) is 0 Å². The van der Waals surface area contributed by atoms with Gasteiger partial charge in [-0.25, -0.2) is 4.79 Å². The Labute approximate surface area is 129 Å². The van der Waals surface area contributed by atoms with Gasteiger partial charge in [-0.05, 0) is 58.2 Å². The van der Waals surface area contributed by atoms with Crippen molar-refractivity contribution in [1.82, 2.24) is 14.7 Å². The lowest BCUT2D eigenvalue weighted by Crippen LogP contribution is -2.46. The molecule has 2 amide bonds. The lowest BCUT2D eigenvalue weighted by molar-refractivity contribution is 0.144. The van der Waals surface area contributed by atoms with E-state index < -0.39 is 0 Å². The van der Waals surface area contributed by atoms with Crippen molar-refractivity contribution in [1.29, 1.82) is 0 Å². The van der Waals surface area contributed by atoms with Gasteiger partial charge in [-0.2, -0.15) is 0 Å². The molecule has 21 heavy (non-hydrogen) atoms. The molecule has 5 heteroatoms. The van der Waals surface area contributed by atoms with Gasteiger partial charge in [0.2, 0.25) is 0 Å². The van der Waals surface area contributed by atoms with Crippen LogP contribution in [0.5, 0.6) is 0 Å². The van der Waals surface area contributed by atoms with Gasteiger partial charge in [-0.15, -0.1) is 0 Å². The van der Waals surface area contributed by atoms with Gasteiger partial charge in [0.1, 0.15) is 0 Å². The van der Waals surface area contributed by atoms with Crippen LogP contribution in [-0.4, -0.2) is 73.1 Å². The van der Waals surface area contributed by atoms with E-state index in [1.807, 2.05) is 0 Å².